The van der Waals surface area contributed by atoms with E-state index in [-0.39, 0.29) is 5.41 Å². The van der Waals surface area contributed by atoms with Crippen molar-refractivity contribution in [1.82, 2.24) is 0 Å². The van der Waals surface area contributed by atoms with Crippen LogP contribution in [0, 0.1) is 0 Å². The number of carbonyl (C=O) groups is 1. The fraction of sp³-hybridized carbons (Fsp3) is 0.417. The maximum absolute atomic E-state index is 10.3. The number of nitrogens with one attached hydrogen (secondary N) is 1. The van der Waals surface area contributed by atoms with Gasteiger partial charge in [0, 0.05) is 5.69 Å². The summed E-state index contributed by atoms with van der Waals surface area (Å²) in [5.74, 6) is 0. The van der Waals surface area contributed by atoms with Crippen LogP contribution in [0.25, 0.3) is 0 Å². The molecule has 0 atom stereocenters. The first kappa shape index (κ1) is 10.8. The molecule has 0 amide bonds. The third-order valence-electron chi connectivity index (χ3n) is 2.11. The van der Waals surface area contributed by atoms with Crippen LogP contribution in [0.1, 0.15) is 26.3 Å². The number of carbonyl (C=O) groups excluding carboxylic acids is 1. The summed E-state index contributed by atoms with van der Waals surface area (Å²) in [4.78, 5) is 10.3. The minimum Gasteiger partial charge on any atom is -0.378 e. The molecule has 0 spiro atoms. The van der Waals surface area contributed by atoms with E-state index in [9.17, 15) is 4.79 Å². The van der Waals surface area contributed by atoms with Crippen molar-refractivity contribution in [3.8, 4) is 0 Å². The monoisotopic (exact) mass is 191 g/mol. The van der Waals surface area contributed by atoms with Crippen molar-refractivity contribution in [2.24, 2.45) is 0 Å². The zero-order chi connectivity index (χ0) is 10.6. The molecule has 0 aromatic heterocycles. The summed E-state index contributed by atoms with van der Waals surface area (Å²) >= 11 is 0. The molecule has 1 aromatic carbocycles. The van der Waals surface area contributed by atoms with Crippen LogP contribution >= 0.6 is 0 Å². The van der Waals surface area contributed by atoms with Crippen LogP contribution in [0.2, 0.25) is 0 Å². The number of hydrogen-bond acceptors (Lipinski definition) is 2. The molecule has 14 heavy (non-hydrogen) atoms. The highest BCUT2D eigenvalue weighted by Gasteiger charge is 2.16. The van der Waals surface area contributed by atoms with E-state index in [4.69, 9.17) is 0 Å². The third kappa shape index (κ3) is 2.59. The lowest BCUT2D eigenvalue weighted by Crippen LogP contribution is -2.15. The first-order chi connectivity index (χ1) is 6.55. The minimum absolute atomic E-state index is 0.104. The molecule has 0 unspecified atom stereocenters. The summed E-state index contributed by atoms with van der Waals surface area (Å²) in [6, 6.07) is 8.09. The van der Waals surface area contributed by atoms with E-state index < -0.39 is 0 Å². The molecular weight excluding hydrogens is 174 g/mol. The van der Waals surface area contributed by atoms with Crippen LogP contribution in [-0.4, -0.2) is 12.8 Å². The highest BCUT2D eigenvalue weighted by Crippen LogP contribution is 2.28. The summed E-state index contributed by atoms with van der Waals surface area (Å²) in [5, 5.41) is 3.10. The normalized spacial score (nSPS) is 11.1. The molecule has 1 rings (SSSR count). The van der Waals surface area contributed by atoms with Gasteiger partial charge in [-0.2, -0.15) is 0 Å². The molecule has 2 heteroatoms. The minimum atomic E-state index is 0.104. The van der Waals surface area contributed by atoms with Crippen LogP contribution in [0.4, 0.5) is 5.69 Å². The summed E-state index contributed by atoms with van der Waals surface area (Å²) in [6.45, 7) is 6.85. The fourth-order valence-corrected chi connectivity index (χ4v) is 1.44. The largest absolute Gasteiger partial charge is 0.378 e. The van der Waals surface area contributed by atoms with Crippen LogP contribution in [0.15, 0.2) is 24.3 Å². The Morgan fingerprint density at radius 1 is 1.29 bits per heavy atom. The van der Waals surface area contributed by atoms with Gasteiger partial charge in [0.1, 0.15) is 6.29 Å². The first-order valence-electron chi connectivity index (χ1n) is 4.82. The lowest BCUT2D eigenvalue weighted by Gasteiger charge is -2.22. The lowest BCUT2D eigenvalue weighted by atomic mass is 9.86. The Morgan fingerprint density at radius 2 is 1.93 bits per heavy atom. The molecular formula is C12H17NO. The highest BCUT2D eigenvalue weighted by molar-refractivity contribution is 5.62. The molecule has 0 bridgehead atoms. The van der Waals surface area contributed by atoms with Gasteiger partial charge in [-0.3, -0.25) is 0 Å². The van der Waals surface area contributed by atoms with Crippen molar-refractivity contribution in [3.63, 3.8) is 0 Å². The van der Waals surface area contributed by atoms with Gasteiger partial charge in [0.2, 0.25) is 0 Å². The average molecular weight is 191 g/mol. The van der Waals surface area contributed by atoms with E-state index in [0.29, 0.717) is 6.54 Å². The standard InChI is InChI=1S/C12H17NO/c1-12(2,3)10-6-4-5-7-11(10)13-8-9-14/h4-7,9,13H,8H2,1-3H3. The predicted octanol–water partition coefficient (Wildman–Crippen LogP) is 2.59. The van der Waals surface area contributed by atoms with Crippen molar-refractivity contribution < 1.29 is 4.79 Å². The molecule has 2 nitrogen and oxygen atoms in total. The van der Waals surface area contributed by atoms with Gasteiger partial charge < -0.3 is 10.1 Å². The van der Waals surface area contributed by atoms with Crippen molar-refractivity contribution in [2.45, 2.75) is 26.2 Å². The first-order valence-corrected chi connectivity index (χ1v) is 4.82. The number of anilines is 1. The Hall–Kier alpha value is -1.31. The number of para-hydroxylation sites is 1. The second-order valence-corrected chi connectivity index (χ2v) is 4.34. The number of aldehydes is 1. The summed E-state index contributed by atoms with van der Waals surface area (Å²) in [6.07, 6.45) is 0.874. The number of benzene rings is 1. The molecule has 0 aliphatic heterocycles. The molecule has 0 aliphatic rings. The number of hydrogen-bond donors (Lipinski definition) is 1. The van der Waals surface area contributed by atoms with Crippen LogP contribution < -0.4 is 5.32 Å². The maximum atomic E-state index is 10.3. The van der Waals surface area contributed by atoms with E-state index in [0.717, 1.165) is 12.0 Å². The van der Waals surface area contributed by atoms with Gasteiger partial charge in [0.15, 0.2) is 0 Å². The Bertz CT molecular complexity index is 312. The molecule has 0 aliphatic carbocycles. The summed E-state index contributed by atoms with van der Waals surface area (Å²) in [5.41, 5.74) is 2.39. The Balaban J connectivity index is 2.97. The number of rotatable bonds is 3. The van der Waals surface area contributed by atoms with Crippen LogP contribution in [0.3, 0.4) is 0 Å². The second-order valence-electron chi connectivity index (χ2n) is 4.34. The molecule has 0 saturated heterocycles. The molecule has 1 aromatic rings. The van der Waals surface area contributed by atoms with Crippen molar-refractivity contribution in [1.29, 1.82) is 0 Å². The summed E-state index contributed by atoms with van der Waals surface area (Å²) in [7, 11) is 0. The zero-order valence-electron chi connectivity index (χ0n) is 9.00. The van der Waals surface area contributed by atoms with E-state index >= 15 is 0 Å². The van der Waals surface area contributed by atoms with Crippen LogP contribution in [-0.2, 0) is 10.2 Å². The van der Waals surface area contributed by atoms with Gasteiger partial charge in [-0.05, 0) is 17.0 Å². The van der Waals surface area contributed by atoms with E-state index in [1.165, 1.54) is 5.56 Å². The zero-order valence-corrected chi connectivity index (χ0v) is 9.00. The third-order valence-corrected chi connectivity index (χ3v) is 2.11. The highest BCUT2D eigenvalue weighted by atomic mass is 16.1. The second kappa shape index (κ2) is 4.27. The topological polar surface area (TPSA) is 29.1 Å². The van der Waals surface area contributed by atoms with Gasteiger partial charge in [0.05, 0.1) is 6.54 Å². The van der Waals surface area contributed by atoms with E-state index in [1.54, 1.807) is 0 Å². The van der Waals surface area contributed by atoms with E-state index in [2.05, 4.69) is 32.2 Å². The lowest BCUT2D eigenvalue weighted by molar-refractivity contribution is -0.106. The molecule has 0 heterocycles. The molecule has 76 valence electrons. The maximum Gasteiger partial charge on any atom is 0.139 e. The van der Waals surface area contributed by atoms with Gasteiger partial charge in [-0.1, -0.05) is 39.0 Å². The summed E-state index contributed by atoms with van der Waals surface area (Å²) < 4.78 is 0. The van der Waals surface area contributed by atoms with E-state index in [1.807, 2.05) is 18.2 Å². The van der Waals surface area contributed by atoms with Crippen molar-refractivity contribution in [2.75, 3.05) is 11.9 Å². The smallest absolute Gasteiger partial charge is 0.139 e. The van der Waals surface area contributed by atoms with Crippen LogP contribution in [0.5, 0.6) is 0 Å². The Labute approximate surface area is 85.3 Å². The van der Waals surface area contributed by atoms with Crippen molar-refractivity contribution in [3.05, 3.63) is 29.8 Å². The molecule has 0 radical (unpaired) electrons. The molecule has 1 N–H and O–H groups in total. The fourth-order valence-electron chi connectivity index (χ4n) is 1.44. The molecule has 0 saturated carbocycles. The Kier molecular flexibility index (Phi) is 3.28. The molecule has 0 fully saturated rings. The average Bonchev–Trinajstić information content (AvgIpc) is 2.14. The predicted molar refractivity (Wildman–Crippen MR) is 59.7 cm³/mol. The quantitative estimate of drug-likeness (QED) is 0.744. The van der Waals surface area contributed by atoms with Crippen molar-refractivity contribution >= 4 is 12.0 Å². The van der Waals surface area contributed by atoms with Gasteiger partial charge in [0.25, 0.3) is 0 Å². The SMILES string of the molecule is CC(C)(C)c1ccccc1NCC=O. The Morgan fingerprint density at radius 3 is 2.50 bits per heavy atom. The van der Waals surface area contributed by atoms with Gasteiger partial charge >= 0.3 is 0 Å². The van der Waals surface area contributed by atoms with Gasteiger partial charge in [-0.25, -0.2) is 0 Å². The van der Waals surface area contributed by atoms with Gasteiger partial charge in [-0.15, -0.1) is 0 Å².